The van der Waals surface area contributed by atoms with Crippen molar-refractivity contribution in [3.05, 3.63) is 114 Å². The summed E-state index contributed by atoms with van der Waals surface area (Å²) in [6, 6.07) is 25.4. The van der Waals surface area contributed by atoms with Crippen LogP contribution < -0.4 is 5.32 Å². The quantitative estimate of drug-likeness (QED) is 0.203. The molecule has 1 N–H and O–H groups in total. The third kappa shape index (κ3) is 7.09. The molecule has 3 heterocycles. The molecular weight excluding hydrogens is 558 g/mol. The lowest BCUT2D eigenvalue weighted by Crippen LogP contribution is -2.43. The van der Waals surface area contributed by atoms with E-state index in [9.17, 15) is 9.59 Å². The van der Waals surface area contributed by atoms with Crippen molar-refractivity contribution in [3.8, 4) is 11.3 Å². The van der Waals surface area contributed by atoms with Crippen LogP contribution in [0.15, 0.2) is 97.6 Å². The van der Waals surface area contributed by atoms with E-state index in [1.54, 1.807) is 6.33 Å². The van der Waals surface area contributed by atoms with Gasteiger partial charge < -0.3 is 19.5 Å². The number of fused-ring (bicyclic) bond motifs is 1. The van der Waals surface area contributed by atoms with Crippen LogP contribution in [-0.4, -0.2) is 44.2 Å². The highest BCUT2D eigenvalue weighted by Gasteiger charge is 2.25. The Kier molecular flexibility index (Phi) is 9.18. The molecule has 1 aliphatic heterocycles. The third-order valence-corrected chi connectivity index (χ3v) is 7.51. The van der Waals surface area contributed by atoms with Gasteiger partial charge in [0.1, 0.15) is 43.0 Å². The van der Waals surface area contributed by atoms with E-state index in [0.29, 0.717) is 11.2 Å². The number of carbonyl (C=O) groups excluding carboxylic acids is 2. The highest BCUT2D eigenvalue weighted by Crippen LogP contribution is 2.29. The number of hydrogen-bond donors (Lipinski definition) is 1. The Balaban J connectivity index is 1.16. The number of rotatable bonds is 10. The molecule has 224 valence electrons. The number of nitrogens with zero attached hydrogens (tertiary/aromatic N) is 4. The molecule has 1 saturated heterocycles. The normalized spacial score (nSPS) is 15.4. The van der Waals surface area contributed by atoms with E-state index in [4.69, 9.17) is 14.2 Å². The molecule has 0 bridgehead atoms. The first-order chi connectivity index (χ1) is 21.6. The summed E-state index contributed by atoms with van der Waals surface area (Å²) in [5.74, 6) is -0.553. The standard InChI is InChI=1S/C34H33N5O5/c40-33(43-20-25-9-3-1-4-10-25)28(38-34(41)44-21-26-11-5-2-6-12-26)19-24-14-16-27(17-15-24)30-31-32(36-22-35-30)39(23-37-31)29-13-7-8-18-42-29/h1-6,9-12,14-17,22-23,28-29H,7-8,13,18-21H2,(H,38,41)/t28-,29?/m0/s1. The van der Waals surface area contributed by atoms with Crippen LogP contribution in [0.25, 0.3) is 22.4 Å². The van der Waals surface area contributed by atoms with E-state index in [1.165, 1.54) is 6.33 Å². The molecule has 2 aromatic heterocycles. The Bertz CT molecular complexity index is 1690. The molecule has 6 rings (SSSR count). The van der Waals surface area contributed by atoms with Crippen molar-refractivity contribution < 1.29 is 23.8 Å². The van der Waals surface area contributed by atoms with E-state index in [-0.39, 0.29) is 25.9 Å². The molecule has 2 atom stereocenters. The van der Waals surface area contributed by atoms with E-state index in [2.05, 4.69) is 20.3 Å². The first-order valence-corrected chi connectivity index (χ1v) is 14.7. The number of alkyl carbamates (subject to hydrolysis) is 1. The molecule has 0 saturated carbocycles. The summed E-state index contributed by atoms with van der Waals surface area (Å²) in [5.41, 5.74) is 5.50. The highest BCUT2D eigenvalue weighted by molar-refractivity contribution is 5.87. The second-order valence-electron chi connectivity index (χ2n) is 10.6. The minimum Gasteiger partial charge on any atom is -0.459 e. The molecule has 0 aliphatic carbocycles. The molecule has 0 radical (unpaired) electrons. The van der Waals surface area contributed by atoms with Crippen LogP contribution in [0.4, 0.5) is 4.79 Å². The summed E-state index contributed by atoms with van der Waals surface area (Å²) in [6.07, 6.45) is 5.81. The summed E-state index contributed by atoms with van der Waals surface area (Å²) in [4.78, 5) is 39.5. The summed E-state index contributed by atoms with van der Waals surface area (Å²) >= 11 is 0. The van der Waals surface area contributed by atoms with Crippen molar-refractivity contribution in [2.45, 2.75) is 51.2 Å². The van der Waals surface area contributed by atoms with Gasteiger partial charge in [-0.3, -0.25) is 4.57 Å². The van der Waals surface area contributed by atoms with E-state index >= 15 is 0 Å². The predicted molar refractivity (Wildman–Crippen MR) is 163 cm³/mol. The second kappa shape index (κ2) is 13.9. The lowest BCUT2D eigenvalue weighted by atomic mass is 10.0. The lowest BCUT2D eigenvalue weighted by molar-refractivity contribution is -0.147. The number of aromatic nitrogens is 4. The molecule has 1 fully saturated rings. The lowest BCUT2D eigenvalue weighted by Gasteiger charge is -2.23. The maximum atomic E-state index is 13.2. The first-order valence-electron chi connectivity index (χ1n) is 14.7. The molecule has 1 aliphatic rings. The Hall–Kier alpha value is -5.09. The minimum absolute atomic E-state index is 0.0793. The van der Waals surface area contributed by atoms with Gasteiger partial charge >= 0.3 is 12.1 Å². The van der Waals surface area contributed by atoms with E-state index < -0.39 is 18.1 Å². The third-order valence-electron chi connectivity index (χ3n) is 7.51. The summed E-state index contributed by atoms with van der Waals surface area (Å²) < 4.78 is 18.9. The number of ether oxygens (including phenoxy) is 3. The average Bonchev–Trinajstić information content (AvgIpc) is 3.52. The zero-order valence-electron chi connectivity index (χ0n) is 24.2. The van der Waals surface area contributed by atoms with Crippen molar-refractivity contribution in [1.82, 2.24) is 24.8 Å². The van der Waals surface area contributed by atoms with Crippen LogP contribution in [0, 0.1) is 0 Å². The number of benzene rings is 3. The Morgan fingerprint density at radius 1 is 0.841 bits per heavy atom. The van der Waals surface area contributed by atoms with Crippen LogP contribution >= 0.6 is 0 Å². The maximum Gasteiger partial charge on any atom is 0.408 e. The summed E-state index contributed by atoms with van der Waals surface area (Å²) in [7, 11) is 0. The topological polar surface area (TPSA) is 117 Å². The SMILES string of the molecule is O=C(N[C@@H](Cc1ccc(-c2ncnc3c2ncn3C2CCCCO2)cc1)C(=O)OCc1ccccc1)OCc1ccccc1. The van der Waals surface area contributed by atoms with E-state index in [1.807, 2.05) is 89.5 Å². The first kappa shape index (κ1) is 29.0. The van der Waals surface area contributed by atoms with Crippen LogP contribution in [0.5, 0.6) is 0 Å². The van der Waals surface area contributed by atoms with E-state index in [0.717, 1.165) is 53.8 Å². The Morgan fingerprint density at radius 3 is 2.23 bits per heavy atom. The molecule has 10 nitrogen and oxygen atoms in total. The van der Waals surface area contributed by atoms with Crippen molar-refractivity contribution in [2.24, 2.45) is 0 Å². The summed E-state index contributed by atoms with van der Waals surface area (Å²) in [5, 5.41) is 2.70. The number of imidazole rings is 1. The number of amides is 1. The average molecular weight is 592 g/mol. The predicted octanol–water partition coefficient (Wildman–Crippen LogP) is 5.77. The number of esters is 1. The van der Waals surface area contributed by atoms with Gasteiger partial charge in [-0.2, -0.15) is 0 Å². The molecule has 3 aromatic carbocycles. The number of nitrogens with one attached hydrogen (secondary N) is 1. The fraction of sp³-hybridized carbons (Fsp3) is 0.265. The highest BCUT2D eigenvalue weighted by atomic mass is 16.6. The zero-order chi connectivity index (χ0) is 30.1. The smallest absolute Gasteiger partial charge is 0.408 e. The van der Waals surface area contributed by atoms with Gasteiger partial charge in [0.2, 0.25) is 0 Å². The molecule has 10 heteroatoms. The van der Waals surface area contributed by atoms with Gasteiger partial charge in [0.05, 0.1) is 6.33 Å². The van der Waals surface area contributed by atoms with Gasteiger partial charge in [0.25, 0.3) is 0 Å². The molecule has 1 unspecified atom stereocenters. The molecule has 1 amide bonds. The van der Waals surface area contributed by atoms with Crippen molar-refractivity contribution in [3.63, 3.8) is 0 Å². The minimum atomic E-state index is -0.954. The van der Waals surface area contributed by atoms with Gasteiger partial charge in [-0.25, -0.2) is 24.5 Å². The zero-order valence-corrected chi connectivity index (χ0v) is 24.2. The van der Waals surface area contributed by atoms with Gasteiger partial charge in [-0.15, -0.1) is 0 Å². The van der Waals surface area contributed by atoms with Crippen LogP contribution in [0.3, 0.4) is 0 Å². The van der Waals surface area contributed by atoms with Crippen molar-refractivity contribution in [1.29, 1.82) is 0 Å². The number of hydrogen-bond acceptors (Lipinski definition) is 8. The monoisotopic (exact) mass is 591 g/mol. The largest absolute Gasteiger partial charge is 0.459 e. The molecule has 44 heavy (non-hydrogen) atoms. The van der Waals surface area contributed by atoms with Gasteiger partial charge in [0.15, 0.2) is 5.65 Å². The second-order valence-corrected chi connectivity index (χ2v) is 10.6. The van der Waals surface area contributed by atoms with Gasteiger partial charge in [0, 0.05) is 18.6 Å². The Labute approximate surface area is 255 Å². The fourth-order valence-electron chi connectivity index (χ4n) is 5.18. The van der Waals surface area contributed by atoms with Crippen LogP contribution in [-0.2, 0) is 38.6 Å². The van der Waals surface area contributed by atoms with Crippen molar-refractivity contribution in [2.75, 3.05) is 6.61 Å². The fourth-order valence-corrected chi connectivity index (χ4v) is 5.18. The molecular formula is C34H33N5O5. The molecule has 5 aromatic rings. The summed E-state index contributed by atoms with van der Waals surface area (Å²) in [6.45, 7) is 0.908. The van der Waals surface area contributed by atoms with Gasteiger partial charge in [-0.05, 0) is 36.0 Å². The number of carbonyl (C=O) groups is 2. The van der Waals surface area contributed by atoms with Crippen molar-refractivity contribution >= 4 is 23.2 Å². The van der Waals surface area contributed by atoms with Crippen LogP contribution in [0.1, 0.15) is 42.2 Å². The maximum absolute atomic E-state index is 13.2. The van der Waals surface area contributed by atoms with Crippen LogP contribution in [0.2, 0.25) is 0 Å². The van der Waals surface area contributed by atoms with Gasteiger partial charge in [-0.1, -0.05) is 84.9 Å². The molecule has 0 spiro atoms. The Morgan fingerprint density at radius 2 is 1.55 bits per heavy atom.